The SMILES string of the molecule is Cc1cc(C)cc(NC(=O)[C@H](OC(=O)[C@@H](C)N=C2NS(=O)(=O)c3ccccc32)c2ccccc2)c1. The molecule has 35 heavy (non-hydrogen) atoms. The lowest BCUT2D eigenvalue weighted by Gasteiger charge is -2.20. The number of sulfonamides is 1. The highest BCUT2D eigenvalue weighted by molar-refractivity contribution is 7.90. The molecule has 0 fully saturated rings. The predicted molar refractivity (Wildman–Crippen MR) is 133 cm³/mol. The Labute approximate surface area is 204 Å². The summed E-state index contributed by atoms with van der Waals surface area (Å²) >= 11 is 0. The third kappa shape index (κ3) is 5.41. The molecule has 0 saturated heterocycles. The molecular formula is C26H25N3O5S. The molecule has 0 aliphatic carbocycles. The fourth-order valence-electron chi connectivity index (χ4n) is 3.85. The van der Waals surface area contributed by atoms with Crippen molar-refractivity contribution in [2.75, 3.05) is 5.32 Å². The van der Waals surface area contributed by atoms with E-state index in [0.29, 0.717) is 16.8 Å². The van der Waals surface area contributed by atoms with Crippen LogP contribution in [0, 0.1) is 13.8 Å². The highest BCUT2D eigenvalue weighted by Gasteiger charge is 2.32. The van der Waals surface area contributed by atoms with Crippen molar-refractivity contribution in [3.8, 4) is 0 Å². The number of ether oxygens (including phenoxy) is 1. The van der Waals surface area contributed by atoms with Gasteiger partial charge in [0.2, 0.25) is 6.10 Å². The number of nitrogens with zero attached hydrogens (tertiary/aromatic N) is 1. The number of carbonyl (C=O) groups is 2. The molecule has 2 atom stereocenters. The van der Waals surface area contributed by atoms with Gasteiger partial charge >= 0.3 is 5.97 Å². The summed E-state index contributed by atoms with van der Waals surface area (Å²) < 4.78 is 32.6. The molecule has 1 amide bonds. The Morgan fingerprint density at radius 1 is 0.943 bits per heavy atom. The molecule has 8 nitrogen and oxygen atoms in total. The third-order valence-corrected chi connectivity index (χ3v) is 6.79. The van der Waals surface area contributed by atoms with Crippen molar-refractivity contribution in [1.29, 1.82) is 0 Å². The number of rotatable bonds is 6. The van der Waals surface area contributed by atoms with Crippen molar-refractivity contribution < 1.29 is 22.7 Å². The number of hydrogen-bond donors (Lipinski definition) is 2. The fraction of sp³-hybridized carbons (Fsp3) is 0.192. The summed E-state index contributed by atoms with van der Waals surface area (Å²) in [5, 5.41) is 2.82. The Bertz CT molecular complexity index is 1400. The largest absolute Gasteiger partial charge is 0.446 e. The summed E-state index contributed by atoms with van der Waals surface area (Å²) in [4.78, 5) is 30.5. The average molecular weight is 492 g/mol. The molecule has 1 heterocycles. The number of carbonyl (C=O) groups excluding carboxylic acids is 2. The van der Waals surface area contributed by atoms with E-state index in [1.807, 2.05) is 32.0 Å². The molecule has 1 aliphatic heterocycles. The molecule has 0 radical (unpaired) electrons. The summed E-state index contributed by atoms with van der Waals surface area (Å²) in [5.74, 6) is -1.23. The van der Waals surface area contributed by atoms with Crippen molar-refractivity contribution in [2.45, 2.75) is 37.8 Å². The minimum Gasteiger partial charge on any atom is -0.446 e. The number of amides is 1. The summed E-state index contributed by atoms with van der Waals surface area (Å²) in [5.41, 5.74) is 3.43. The molecule has 2 N–H and O–H groups in total. The van der Waals surface area contributed by atoms with Crippen LogP contribution in [0.1, 0.15) is 35.3 Å². The van der Waals surface area contributed by atoms with E-state index < -0.39 is 34.0 Å². The van der Waals surface area contributed by atoms with E-state index in [4.69, 9.17) is 4.74 Å². The Balaban J connectivity index is 1.57. The first-order valence-corrected chi connectivity index (χ1v) is 12.5. The van der Waals surface area contributed by atoms with Crippen LogP contribution in [-0.2, 0) is 24.3 Å². The molecule has 0 unspecified atom stereocenters. The van der Waals surface area contributed by atoms with Crippen molar-refractivity contribution in [2.24, 2.45) is 4.99 Å². The van der Waals surface area contributed by atoms with E-state index in [9.17, 15) is 18.0 Å². The molecule has 1 aliphatic rings. The summed E-state index contributed by atoms with van der Waals surface area (Å²) in [6.45, 7) is 5.33. The van der Waals surface area contributed by atoms with Crippen LogP contribution in [0.5, 0.6) is 0 Å². The Morgan fingerprint density at radius 3 is 2.26 bits per heavy atom. The van der Waals surface area contributed by atoms with Gasteiger partial charge in [-0.2, -0.15) is 0 Å². The molecule has 3 aromatic carbocycles. The Morgan fingerprint density at radius 2 is 1.57 bits per heavy atom. The second-order valence-electron chi connectivity index (χ2n) is 8.35. The van der Waals surface area contributed by atoms with E-state index in [1.54, 1.807) is 48.5 Å². The highest BCUT2D eigenvalue weighted by atomic mass is 32.2. The zero-order valence-electron chi connectivity index (χ0n) is 19.5. The molecule has 9 heteroatoms. The van der Waals surface area contributed by atoms with Gasteiger partial charge in [0.1, 0.15) is 11.9 Å². The third-order valence-electron chi connectivity index (χ3n) is 5.39. The standard InChI is InChI=1S/C26H25N3O5S/c1-16-13-17(2)15-20(14-16)28-25(30)23(19-9-5-4-6-10-19)34-26(31)18(3)27-24-21-11-7-8-12-22(21)35(32,33)29-24/h4-15,18,23H,1-3H3,(H,27,29)(H,28,30)/t18-,23-/m1/s1. The molecule has 0 aromatic heterocycles. The van der Waals surface area contributed by atoms with Gasteiger partial charge in [-0.25, -0.2) is 13.2 Å². The van der Waals surface area contributed by atoms with Crippen LogP contribution in [0.25, 0.3) is 0 Å². The second kappa shape index (κ2) is 9.71. The number of fused-ring (bicyclic) bond motifs is 1. The van der Waals surface area contributed by atoms with Crippen LogP contribution >= 0.6 is 0 Å². The van der Waals surface area contributed by atoms with Crippen LogP contribution in [0.4, 0.5) is 5.69 Å². The average Bonchev–Trinajstić information content (AvgIpc) is 3.07. The fourth-order valence-corrected chi connectivity index (χ4v) is 5.09. The van der Waals surface area contributed by atoms with E-state index >= 15 is 0 Å². The first-order chi connectivity index (χ1) is 16.6. The predicted octanol–water partition coefficient (Wildman–Crippen LogP) is 3.65. The number of anilines is 1. The molecular weight excluding hydrogens is 466 g/mol. The maximum atomic E-state index is 13.2. The van der Waals surface area contributed by atoms with E-state index in [0.717, 1.165) is 11.1 Å². The zero-order valence-corrected chi connectivity index (χ0v) is 20.3. The molecule has 180 valence electrons. The minimum absolute atomic E-state index is 0.0565. The number of esters is 1. The number of aliphatic imine (C=N–C) groups is 1. The van der Waals surface area contributed by atoms with Crippen LogP contribution in [-0.4, -0.2) is 32.2 Å². The molecule has 4 rings (SSSR count). The smallest absolute Gasteiger partial charge is 0.331 e. The lowest BCUT2D eigenvalue weighted by molar-refractivity contribution is -0.155. The van der Waals surface area contributed by atoms with E-state index in [2.05, 4.69) is 15.0 Å². The van der Waals surface area contributed by atoms with Gasteiger partial charge in [0.05, 0.1) is 4.90 Å². The van der Waals surface area contributed by atoms with Gasteiger partial charge in [-0.1, -0.05) is 48.5 Å². The van der Waals surface area contributed by atoms with Crippen molar-refractivity contribution >= 4 is 33.4 Å². The summed E-state index contributed by atoms with van der Waals surface area (Å²) in [6, 6.07) is 19.6. The number of amidine groups is 1. The number of benzene rings is 3. The molecule has 0 spiro atoms. The van der Waals surface area contributed by atoms with Gasteiger partial charge in [0, 0.05) is 16.8 Å². The van der Waals surface area contributed by atoms with Crippen molar-refractivity contribution in [1.82, 2.24) is 4.72 Å². The van der Waals surface area contributed by atoms with Gasteiger partial charge in [0.25, 0.3) is 15.9 Å². The zero-order chi connectivity index (χ0) is 25.2. The molecule has 0 saturated carbocycles. The van der Waals surface area contributed by atoms with E-state index in [1.165, 1.54) is 13.0 Å². The maximum absolute atomic E-state index is 13.2. The lowest BCUT2D eigenvalue weighted by atomic mass is 10.1. The van der Waals surface area contributed by atoms with Gasteiger partial charge in [-0.15, -0.1) is 0 Å². The second-order valence-corrected chi connectivity index (χ2v) is 10.00. The van der Waals surface area contributed by atoms with Crippen molar-refractivity contribution in [3.63, 3.8) is 0 Å². The van der Waals surface area contributed by atoms with Gasteiger partial charge in [-0.3, -0.25) is 14.5 Å². The topological polar surface area (TPSA) is 114 Å². The highest BCUT2D eigenvalue weighted by Crippen LogP contribution is 2.25. The maximum Gasteiger partial charge on any atom is 0.331 e. The first kappa shape index (κ1) is 24.2. The summed E-state index contributed by atoms with van der Waals surface area (Å²) in [6.07, 6.45) is -1.22. The lowest BCUT2D eigenvalue weighted by Crippen LogP contribution is -2.31. The number of aryl methyl sites for hydroxylation is 2. The van der Waals surface area contributed by atoms with Crippen LogP contribution < -0.4 is 10.0 Å². The Kier molecular flexibility index (Phi) is 6.70. The quantitative estimate of drug-likeness (QED) is 0.511. The first-order valence-electron chi connectivity index (χ1n) is 11.0. The van der Waals surface area contributed by atoms with Crippen LogP contribution in [0.15, 0.2) is 82.7 Å². The normalized spacial score (nSPS) is 16.6. The van der Waals surface area contributed by atoms with Gasteiger partial charge in [0.15, 0.2) is 0 Å². The Hall–Kier alpha value is -3.98. The minimum atomic E-state index is -3.74. The van der Waals surface area contributed by atoms with E-state index in [-0.39, 0.29) is 10.7 Å². The van der Waals surface area contributed by atoms with Crippen molar-refractivity contribution in [3.05, 3.63) is 95.1 Å². The monoisotopic (exact) mass is 491 g/mol. The number of hydrogen-bond acceptors (Lipinski definition) is 6. The molecule has 3 aromatic rings. The summed E-state index contributed by atoms with van der Waals surface area (Å²) in [7, 11) is -3.74. The van der Waals surface area contributed by atoms with Gasteiger partial charge < -0.3 is 10.1 Å². The number of nitrogens with one attached hydrogen (secondary N) is 2. The van der Waals surface area contributed by atoms with Gasteiger partial charge in [-0.05, 0) is 56.2 Å². The van der Waals surface area contributed by atoms with Crippen LogP contribution in [0.2, 0.25) is 0 Å². The van der Waals surface area contributed by atoms with Crippen LogP contribution in [0.3, 0.4) is 0 Å². The molecule has 0 bridgehead atoms.